The average Bonchev–Trinajstić information content (AvgIpc) is 2.88. The van der Waals surface area contributed by atoms with Gasteiger partial charge in [-0.2, -0.15) is 5.10 Å². The highest BCUT2D eigenvalue weighted by Gasteiger charge is 2.21. The van der Waals surface area contributed by atoms with Crippen molar-refractivity contribution >= 4 is 33.2 Å². The van der Waals surface area contributed by atoms with Crippen LogP contribution in [0.4, 0.5) is 4.39 Å². The fourth-order valence-electron chi connectivity index (χ4n) is 1.45. The lowest BCUT2D eigenvalue weighted by Crippen LogP contribution is -2.26. The molecule has 0 saturated carbocycles. The van der Waals surface area contributed by atoms with E-state index in [1.807, 2.05) is 0 Å². The Balaban J connectivity index is 2.12. The fraction of sp³-hybridized carbons (Fsp3) is 0.200. The molecule has 2 rings (SSSR count). The highest BCUT2D eigenvalue weighted by atomic mass is 35.5. The van der Waals surface area contributed by atoms with E-state index < -0.39 is 20.9 Å². The predicted molar refractivity (Wildman–Crippen MR) is 71.7 cm³/mol. The summed E-state index contributed by atoms with van der Waals surface area (Å²) >= 11 is 11.2. The molecule has 0 aliphatic heterocycles. The number of hydrogen-bond donors (Lipinski definition) is 2. The van der Waals surface area contributed by atoms with Crippen molar-refractivity contribution in [1.29, 1.82) is 0 Å². The summed E-state index contributed by atoms with van der Waals surface area (Å²) < 4.78 is 39.8. The normalized spacial score (nSPS) is 11.8. The quantitative estimate of drug-likeness (QED) is 0.813. The molecule has 0 bridgehead atoms. The Kier molecular flexibility index (Phi) is 4.59. The second kappa shape index (κ2) is 6.04. The van der Waals surface area contributed by atoms with Crippen LogP contribution in [0.15, 0.2) is 23.4 Å². The van der Waals surface area contributed by atoms with Crippen LogP contribution < -0.4 is 4.72 Å². The summed E-state index contributed by atoms with van der Waals surface area (Å²) in [7, 11) is -3.93. The molecule has 2 N–H and O–H groups in total. The molecule has 2 aromatic rings. The van der Waals surface area contributed by atoms with Gasteiger partial charge in [0.25, 0.3) is 0 Å². The molecule has 0 saturated heterocycles. The molecular formula is C10H9Cl2FN4O2S. The Morgan fingerprint density at radius 2 is 2.10 bits per heavy atom. The van der Waals surface area contributed by atoms with Gasteiger partial charge in [0, 0.05) is 13.0 Å². The van der Waals surface area contributed by atoms with E-state index in [-0.39, 0.29) is 16.5 Å². The number of nitrogens with one attached hydrogen (secondary N) is 2. The number of rotatable bonds is 5. The maximum atomic E-state index is 13.5. The van der Waals surface area contributed by atoms with Crippen LogP contribution in [0.3, 0.4) is 0 Å². The van der Waals surface area contributed by atoms with Gasteiger partial charge in [-0.05, 0) is 12.1 Å². The summed E-state index contributed by atoms with van der Waals surface area (Å²) in [5.41, 5.74) is 0. The van der Waals surface area contributed by atoms with Gasteiger partial charge in [0.15, 0.2) is 5.82 Å². The van der Waals surface area contributed by atoms with Crippen molar-refractivity contribution in [2.75, 3.05) is 6.54 Å². The van der Waals surface area contributed by atoms with Crippen molar-refractivity contribution < 1.29 is 12.8 Å². The second-order valence-electron chi connectivity index (χ2n) is 3.75. The topological polar surface area (TPSA) is 87.7 Å². The Morgan fingerprint density at radius 3 is 2.75 bits per heavy atom. The van der Waals surface area contributed by atoms with E-state index in [1.54, 1.807) is 0 Å². The molecule has 0 fully saturated rings. The van der Waals surface area contributed by atoms with Gasteiger partial charge in [-0.15, -0.1) is 0 Å². The number of halogens is 3. The van der Waals surface area contributed by atoms with Crippen LogP contribution in [-0.4, -0.2) is 30.1 Å². The van der Waals surface area contributed by atoms with Crippen LogP contribution in [0.2, 0.25) is 10.0 Å². The van der Waals surface area contributed by atoms with Crippen molar-refractivity contribution in [3.05, 3.63) is 40.1 Å². The average molecular weight is 339 g/mol. The summed E-state index contributed by atoms with van der Waals surface area (Å²) in [5, 5.41) is 5.45. The largest absolute Gasteiger partial charge is 0.263 e. The third kappa shape index (κ3) is 3.26. The van der Waals surface area contributed by atoms with E-state index in [0.29, 0.717) is 12.2 Å². The van der Waals surface area contributed by atoms with Gasteiger partial charge in [-0.25, -0.2) is 22.5 Å². The van der Waals surface area contributed by atoms with E-state index in [9.17, 15) is 12.8 Å². The molecule has 10 heteroatoms. The van der Waals surface area contributed by atoms with E-state index in [4.69, 9.17) is 23.2 Å². The van der Waals surface area contributed by atoms with E-state index in [0.717, 1.165) is 12.1 Å². The number of H-pyrrole nitrogens is 1. The van der Waals surface area contributed by atoms with Crippen molar-refractivity contribution in [3.63, 3.8) is 0 Å². The highest BCUT2D eigenvalue weighted by Crippen LogP contribution is 2.29. The summed E-state index contributed by atoms with van der Waals surface area (Å²) in [4.78, 5) is 3.48. The first-order chi connectivity index (χ1) is 9.42. The molecule has 0 spiro atoms. The van der Waals surface area contributed by atoms with E-state index in [2.05, 4.69) is 19.9 Å². The minimum atomic E-state index is -3.93. The van der Waals surface area contributed by atoms with Gasteiger partial charge in [0.05, 0.1) is 10.0 Å². The third-order valence-electron chi connectivity index (χ3n) is 2.41. The number of sulfonamides is 1. The van der Waals surface area contributed by atoms with Crippen LogP contribution in [0.1, 0.15) is 5.82 Å². The van der Waals surface area contributed by atoms with E-state index >= 15 is 0 Å². The summed E-state index contributed by atoms with van der Waals surface area (Å²) in [6.07, 6.45) is 1.63. The molecule has 108 valence electrons. The van der Waals surface area contributed by atoms with Crippen LogP contribution in [-0.2, 0) is 16.4 Å². The van der Waals surface area contributed by atoms with Gasteiger partial charge < -0.3 is 0 Å². The standard InChI is InChI=1S/C10H9Cl2FN4O2S/c11-6-1-2-7(9(12)10(6)13)20(18,19)16-4-3-8-14-5-15-17-8/h1-2,5,16H,3-4H2,(H,14,15,17). The zero-order chi connectivity index (χ0) is 14.8. The molecular weight excluding hydrogens is 330 g/mol. The second-order valence-corrected chi connectivity index (χ2v) is 6.27. The number of aromatic amines is 1. The molecule has 1 heterocycles. The molecule has 0 aliphatic rings. The van der Waals surface area contributed by atoms with Gasteiger partial charge >= 0.3 is 0 Å². The van der Waals surface area contributed by atoms with Gasteiger partial charge in [-0.3, -0.25) is 5.10 Å². The monoisotopic (exact) mass is 338 g/mol. The first kappa shape index (κ1) is 15.2. The Hall–Kier alpha value is -1.22. The zero-order valence-electron chi connectivity index (χ0n) is 9.90. The Bertz CT molecular complexity index is 706. The molecule has 0 unspecified atom stereocenters. The number of aromatic nitrogens is 3. The molecule has 1 aromatic carbocycles. The minimum Gasteiger partial charge on any atom is -0.263 e. The summed E-state index contributed by atoms with van der Waals surface area (Å²) in [6, 6.07) is 2.28. The molecule has 0 radical (unpaired) electrons. The zero-order valence-corrected chi connectivity index (χ0v) is 12.2. The molecule has 1 aromatic heterocycles. The lowest BCUT2D eigenvalue weighted by Gasteiger charge is -2.08. The van der Waals surface area contributed by atoms with Crippen molar-refractivity contribution in [3.8, 4) is 0 Å². The summed E-state index contributed by atoms with van der Waals surface area (Å²) in [5.74, 6) is -0.437. The van der Waals surface area contributed by atoms with Crippen LogP contribution in [0.25, 0.3) is 0 Å². The molecule has 6 nitrogen and oxygen atoms in total. The van der Waals surface area contributed by atoms with Crippen LogP contribution >= 0.6 is 23.2 Å². The highest BCUT2D eigenvalue weighted by molar-refractivity contribution is 7.89. The molecule has 20 heavy (non-hydrogen) atoms. The van der Waals surface area contributed by atoms with Crippen LogP contribution in [0.5, 0.6) is 0 Å². The molecule has 0 amide bonds. The van der Waals surface area contributed by atoms with Crippen molar-refractivity contribution in [1.82, 2.24) is 19.9 Å². The first-order valence-corrected chi connectivity index (χ1v) is 7.63. The predicted octanol–water partition coefficient (Wildman–Crippen LogP) is 1.77. The Morgan fingerprint density at radius 1 is 1.35 bits per heavy atom. The number of benzene rings is 1. The van der Waals surface area contributed by atoms with Crippen molar-refractivity contribution in [2.24, 2.45) is 0 Å². The Labute approximate surface area is 124 Å². The van der Waals surface area contributed by atoms with Crippen LogP contribution in [0, 0.1) is 5.82 Å². The maximum Gasteiger partial charge on any atom is 0.242 e. The van der Waals surface area contributed by atoms with Gasteiger partial charge in [0.2, 0.25) is 10.0 Å². The minimum absolute atomic E-state index is 0.0676. The smallest absolute Gasteiger partial charge is 0.242 e. The molecule has 0 atom stereocenters. The lowest BCUT2D eigenvalue weighted by molar-refractivity contribution is 0.577. The third-order valence-corrected chi connectivity index (χ3v) is 4.68. The summed E-state index contributed by atoms with van der Waals surface area (Å²) in [6.45, 7) is 0.0676. The maximum absolute atomic E-state index is 13.5. The first-order valence-electron chi connectivity index (χ1n) is 5.39. The lowest BCUT2D eigenvalue weighted by atomic mass is 10.3. The molecule has 0 aliphatic carbocycles. The van der Waals surface area contributed by atoms with Crippen molar-refractivity contribution in [2.45, 2.75) is 11.3 Å². The fourth-order valence-corrected chi connectivity index (χ4v) is 3.22. The SMILES string of the molecule is O=S(=O)(NCCc1ncn[nH]1)c1ccc(Cl)c(F)c1Cl. The number of hydrogen-bond acceptors (Lipinski definition) is 4. The van der Waals surface area contributed by atoms with Gasteiger partial charge in [-0.1, -0.05) is 23.2 Å². The number of nitrogens with zero attached hydrogens (tertiary/aromatic N) is 2. The van der Waals surface area contributed by atoms with Gasteiger partial charge in [0.1, 0.15) is 17.0 Å². The van der Waals surface area contributed by atoms with E-state index in [1.165, 1.54) is 6.33 Å².